The number of ether oxygens (including phenoxy) is 2. The number of nitrogens with zero attached hydrogens (tertiary/aromatic N) is 4. The van der Waals surface area contributed by atoms with E-state index in [4.69, 9.17) is 32.7 Å². The lowest BCUT2D eigenvalue weighted by atomic mass is 10.1. The summed E-state index contributed by atoms with van der Waals surface area (Å²) in [5.41, 5.74) is 2.85. The summed E-state index contributed by atoms with van der Waals surface area (Å²) in [6.07, 6.45) is 0. The quantitative estimate of drug-likeness (QED) is 0.718. The molecule has 3 rings (SSSR count). The van der Waals surface area contributed by atoms with Crippen LogP contribution < -0.4 is 9.47 Å². The van der Waals surface area contributed by atoms with Gasteiger partial charge in [-0.3, -0.25) is 0 Å². The first kappa shape index (κ1) is 15.8. The van der Waals surface area contributed by atoms with Crippen LogP contribution in [-0.2, 0) is 0 Å². The van der Waals surface area contributed by atoms with Gasteiger partial charge in [0.25, 0.3) is 0 Å². The second-order valence-corrected chi connectivity index (χ2v) is 5.67. The number of hydrogen-bond donors (Lipinski definition) is 0. The van der Waals surface area contributed by atoms with Gasteiger partial charge in [-0.05, 0) is 31.5 Å². The standard InChI is InChI=1S/C15H14Cl2N4O2/c1-7-13(14-18-8(2)19-15(17)21(14)20-7)9-5-11(22-3)12(23-4)6-10(9)16/h5-6H,1-4H3. The molecule has 1 aromatic carbocycles. The van der Waals surface area contributed by atoms with Gasteiger partial charge >= 0.3 is 0 Å². The average molecular weight is 353 g/mol. The van der Waals surface area contributed by atoms with Crippen LogP contribution in [0.4, 0.5) is 0 Å². The number of rotatable bonds is 3. The SMILES string of the molecule is COc1cc(Cl)c(-c2c(C)nn3c(Cl)nc(C)nc23)cc1OC. The van der Waals surface area contributed by atoms with Crippen LogP contribution in [0.5, 0.6) is 11.5 Å². The molecular formula is C15H14Cl2N4O2. The van der Waals surface area contributed by atoms with Crippen LogP contribution in [0.2, 0.25) is 10.3 Å². The molecule has 2 aromatic heterocycles. The van der Waals surface area contributed by atoms with E-state index in [0.717, 1.165) is 16.8 Å². The predicted molar refractivity (Wildman–Crippen MR) is 88.8 cm³/mol. The largest absolute Gasteiger partial charge is 0.493 e. The summed E-state index contributed by atoms with van der Waals surface area (Å²) in [6.45, 7) is 3.64. The van der Waals surface area contributed by atoms with Crippen molar-refractivity contribution in [2.75, 3.05) is 14.2 Å². The maximum absolute atomic E-state index is 6.43. The Hall–Kier alpha value is -2.05. The van der Waals surface area contributed by atoms with E-state index in [1.807, 2.05) is 6.92 Å². The fourth-order valence-electron chi connectivity index (χ4n) is 2.47. The molecule has 0 spiro atoms. The third-order valence-corrected chi connectivity index (χ3v) is 4.03. The Morgan fingerprint density at radius 2 is 1.65 bits per heavy atom. The minimum Gasteiger partial charge on any atom is -0.493 e. The van der Waals surface area contributed by atoms with Gasteiger partial charge in [0.2, 0.25) is 5.28 Å². The number of aryl methyl sites for hydroxylation is 2. The van der Waals surface area contributed by atoms with E-state index >= 15 is 0 Å². The third kappa shape index (κ3) is 2.58. The first-order chi connectivity index (χ1) is 11.0. The Morgan fingerprint density at radius 1 is 1.00 bits per heavy atom. The van der Waals surface area contributed by atoms with Gasteiger partial charge in [0.05, 0.1) is 30.5 Å². The molecule has 6 nitrogen and oxygen atoms in total. The number of hydrogen-bond acceptors (Lipinski definition) is 5. The summed E-state index contributed by atoms with van der Waals surface area (Å²) < 4.78 is 12.1. The highest BCUT2D eigenvalue weighted by molar-refractivity contribution is 6.34. The second-order valence-electron chi connectivity index (χ2n) is 4.92. The average Bonchev–Trinajstić information content (AvgIpc) is 2.83. The monoisotopic (exact) mass is 352 g/mol. The minimum atomic E-state index is 0.249. The van der Waals surface area contributed by atoms with Crippen LogP contribution >= 0.6 is 23.2 Å². The summed E-state index contributed by atoms with van der Waals surface area (Å²) in [7, 11) is 3.13. The number of halogens is 2. The van der Waals surface area contributed by atoms with Crippen molar-refractivity contribution in [3.63, 3.8) is 0 Å². The van der Waals surface area contributed by atoms with E-state index in [9.17, 15) is 0 Å². The maximum atomic E-state index is 6.43. The van der Waals surface area contributed by atoms with E-state index in [2.05, 4.69) is 15.1 Å². The van der Waals surface area contributed by atoms with E-state index < -0.39 is 0 Å². The molecule has 120 valence electrons. The van der Waals surface area contributed by atoms with Crippen molar-refractivity contribution in [3.05, 3.63) is 34.0 Å². The van der Waals surface area contributed by atoms with Gasteiger partial charge in [0, 0.05) is 11.6 Å². The molecule has 3 aromatic rings. The normalized spacial score (nSPS) is 11.0. The van der Waals surface area contributed by atoms with E-state index in [0.29, 0.717) is 28.0 Å². The van der Waals surface area contributed by atoms with Crippen molar-refractivity contribution in [1.29, 1.82) is 0 Å². The molecule has 0 aliphatic rings. The van der Waals surface area contributed by atoms with Crippen molar-refractivity contribution in [2.45, 2.75) is 13.8 Å². The van der Waals surface area contributed by atoms with Crippen molar-refractivity contribution >= 4 is 28.8 Å². The van der Waals surface area contributed by atoms with Crippen LogP contribution in [0.15, 0.2) is 12.1 Å². The Labute approximate surface area is 143 Å². The van der Waals surface area contributed by atoms with Gasteiger partial charge in [-0.25, -0.2) is 9.97 Å². The summed E-state index contributed by atoms with van der Waals surface area (Å²) in [5.74, 6) is 1.68. The zero-order valence-electron chi connectivity index (χ0n) is 13.0. The van der Waals surface area contributed by atoms with E-state index in [-0.39, 0.29) is 5.28 Å². The molecule has 0 bridgehead atoms. The third-order valence-electron chi connectivity index (χ3n) is 3.48. The van der Waals surface area contributed by atoms with Crippen LogP contribution in [0.3, 0.4) is 0 Å². The molecule has 0 radical (unpaired) electrons. The molecule has 2 heterocycles. The lowest BCUT2D eigenvalue weighted by molar-refractivity contribution is 0.355. The first-order valence-electron chi connectivity index (χ1n) is 6.77. The lowest BCUT2D eigenvalue weighted by Crippen LogP contribution is -1.99. The van der Waals surface area contributed by atoms with E-state index in [1.54, 1.807) is 33.3 Å². The first-order valence-corrected chi connectivity index (χ1v) is 7.53. The zero-order valence-corrected chi connectivity index (χ0v) is 14.5. The molecule has 0 amide bonds. The van der Waals surface area contributed by atoms with Crippen LogP contribution in [0.1, 0.15) is 11.5 Å². The molecule has 0 aliphatic carbocycles. The number of benzene rings is 1. The van der Waals surface area contributed by atoms with Crippen LogP contribution in [0.25, 0.3) is 16.8 Å². The number of fused-ring (bicyclic) bond motifs is 1. The fraction of sp³-hybridized carbons (Fsp3) is 0.267. The highest BCUT2D eigenvalue weighted by Gasteiger charge is 2.20. The predicted octanol–water partition coefficient (Wildman–Crippen LogP) is 3.73. The van der Waals surface area contributed by atoms with Crippen molar-refractivity contribution in [2.24, 2.45) is 0 Å². The molecule has 0 fully saturated rings. The summed E-state index contributed by atoms with van der Waals surface area (Å²) in [5, 5.41) is 5.15. The van der Waals surface area contributed by atoms with Crippen LogP contribution in [-0.4, -0.2) is 33.8 Å². The highest BCUT2D eigenvalue weighted by atomic mass is 35.5. The summed E-state index contributed by atoms with van der Waals surface area (Å²) in [6, 6.07) is 3.50. The number of methoxy groups -OCH3 is 2. The molecule has 0 saturated carbocycles. The van der Waals surface area contributed by atoms with Crippen molar-refractivity contribution < 1.29 is 9.47 Å². The van der Waals surface area contributed by atoms with Crippen LogP contribution in [0, 0.1) is 13.8 Å². The molecule has 23 heavy (non-hydrogen) atoms. The molecule has 0 unspecified atom stereocenters. The summed E-state index contributed by atoms with van der Waals surface area (Å²) >= 11 is 12.6. The van der Waals surface area contributed by atoms with Crippen molar-refractivity contribution in [1.82, 2.24) is 19.6 Å². The molecule has 8 heteroatoms. The maximum Gasteiger partial charge on any atom is 0.227 e. The Balaban J connectivity index is 2.35. The van der Waals surface area contributed by atoms with Gasteiger partial charge in [-0.1, -0.05) is 11.6 Å². The second kappa shape index (κ2) is 5.86. The molecule has 0 saturated heterocycles. The Kier molecular flexibility index (Phi) is 4.04. The van der Waals surface area contributed by atoms with Gasteiger partial charge in [0.1, 0.15) is 5.82 Å². The van der Waals surface area contributed by atoms with Gasteiger partial charge in [0.15, 0.2) is 17.1 Å². The molecule has 0 atom stereocenters. The van der Waals surface area contributed by atoms with Gasteiger partial charge in [-0.2, -0.15) is 9.61 Å². The molecule has 0 aliphatic heterocycles. The fourth-order valence-corrected chi connectivity index (χ4v) is 2.96. The zero-order chi connectivity index (χ0) is 16.7. The summed E-state index contributed by atoms with van der Waals surface area (Å²) in [4.78, 5) is 8.56. The minimum absolute atomic E-state index is 0.249. The molecule has 0 N–H and O–H groups in total. The number of aromatic nitrogens is 4. The molecular weight excluding hydrogens is 339 g/mol. The highest BCUT2D eigenvalue weighted by Crippen LogP contribution is 2.40. The Morgan fingerprint density at radius 3 is 2.30 bits per heavy atom. The van der Waals surface area contributed by atoms with Gasteiger partial charge in [-0.15, -0.1) is 0 Å². The van der Waals surface area contributed by atoms with Gasteiger partial charge < -0.3 is 9.47 Å². The smallest absolute Gasteiger partial charge is 0.227 e. The Bertz CT molecular complexity index is 908. The topological polar surface area (TPSA) is 61.5 Å². The lowest BCUT2D eigenvalue weighted by Gasteiger charge is -2.11. The van der Waals surface area contributed by atoms with Crippen molar-refractivity contribution in [3.8, 4) is 22.6 Å². The van der Waals surface area contributed by atoms with E-state index in [1.165, 1.54) is 4.52 Å².